The van der Waals surface area contributed by atoms with Crippen LogP contribution in [-0.2, 0) is 42.9 Å². The maximum atomic E-state index is 13.1. The third-order valence-corrected chi connectivity index (χ3v) is 12.3. The summed E-state index contributed by atoms with van der Waals surface area (Å²) in [6.45, 7) is 5.66. The zero-order chi connectivity index (χ0) is 54.7. The lowest BCUT2D eigenvalue weighted by Gasteiger charge is -2.40. The summed E-state index contributed by atoms with van der Waals surface area (Å²) in [4.78, 5) is 51.0. The van der Waals surface area contributed by atoms with Gasteiger partial charge in [0.1, 0.15) is 18.8 Å². The van der Waals surface area contributed by atoms with Gasteiger partial charge in [-0.25, -0.2) is 4.79 Å². The van der Waals surface area contributed by atoms with Gasteiger partial charge in [-0.3, -0.25) is 14.4 Å². The lowest BCUT2D eigenvalue weighted by atomic mass is 9.98. The van der Waals surface area contributed by atoms with Gasteiger partial charge in [0, 0.05) is 19.3 Å². The Morgan fingerprint density at radius 1 is 0.453 bits per heavy atom. The average molecular weight is 1050 g/mol. The Morgan fingerprint density at radius 2 is 0.867 bits per heavy atom. The van der Waals surface area contributed by atoms with Crippen LogP contribution in [0.1, 0.15) is 213 Å². The van der Waals surface area contributed by atoms with Gasteiger partial charge in [-0.15, -0.1) is 0 Å². The summed E-state index contributed by atoms with van der Waals surface area (Å²) in [6.07, 6.45) is 55.1. The Balaban J connectivity index is 2.76. The van der Waals surface area contributed by atoms with E-state index in [4.69, 9.17) is 23.7 Å². The van der Waals surface area contributed by atoms with E-state index in [1.807, 2.05) is 12.2 Å². The van der Waals surface area contributed by atoms with Gasteiger partial charge in [0.15, 0.2) is 24.6 Å². The highest BCUT2D eigenvalue weighted by atomic mass is 16.7. The van der Waals surface area contributed by atoms with Crippen molar-refractivity contribution in [1.82, 2.24) is 0 Å². The molecule has 1 saturated heterocycles. The van der Waals surface area contributed by atoms with Crippen LogP contribution in [0.15, 0.2) is 109 Å². The smallest absolute Gasteiger partial charge is 0.335 e. The molecule has 0 bridgehead atoms. The molecule has 0 aromatic heterocycles. The first kappa shape index (κ1) is 68.4. The van der Waals surface area contributed by atoms with Crippen molar-refractivity contribution in [1.29, 1.82) is 0 Å². The maximum Gasteiger partial charge on any atom is 0.335 e. The van der Waals surface area contributed by atoms with Crippen LogP contribution in [0.2, 0.25) is 0 Å². The van der Waals surface area contributed by atoms with Crippen LogP contribution < -0.4 is 0 Å². The minimum absolute atomic E-state index is 0.00532. The third kappa shape index (κ3) is 40.3. The van der Waals surface area contributed by atoms with E-state index in [2.05, 4.69) is 118 Å². The van der Waals surface area contributed by atoms with Crippen LogP contribution >= 0.6 is 0 Å². The molecule has 1 aliphatic rings. The maximum absolute atomic E-state index is 13.1. The lowest BCUT2D eigenvalue weighted by Crippen LogP contribution is -2.61. The first-order chi connectivity index (χ1) is 36.6. The van der Waals surface area contributed by atoms with Crippen molar-refractivity contribution < 1.29 is 58.2 Å². The van der Waals surface area contributed by atoms with E-state index in [1.54, 1.807) is 0 Å². The number of hydrogen-bond acceptors (Lipinski definition) is 11. The van der Waals surface area contributed by atoms with Gasteiger partial charge in [0.25, 0.3) is 0 Å². The van der Waals surface area contributed by atoms with Crippen LogP contribution in [0.3, 0.4) is 0 Å². The molecular weight excluding hydrogens is 949 g/mol. The van der Waals surface area contributed by atoms with E-state index in [0.29, 0.717) is 32.1 Å². The van der Waals surface area contributed by atoms with E-state index in [-0.39, 0.29) is 25.9 Å². The fourth-order valence-electron chi connectivity index (χ4n) is 7.95. The van der Waals surface area contributed by atoms with Crippen molar-refractivity contribution in [2.45, 2.75) is 250 Å². The van der Waals surface area contributed by atoms with Crippen molar-refractivity contribution in [2.75, 3.05) is 13.2 Å². The highest BCUT2D eigenvalue weighted by molar-refractivity contribution is 5.74. The van der Waals surface area contributed by atoms with Crippen LogP contribution in [0, 0.1) is 0 Å². The summed E-state index contributed by atoms with van der Waals surface area (Å²) in [6, 6.07) is 0. The van der Waals surface area contributed by atoms with Gasteiger partial charge < -0.3 is 39.0 Å². The fraction of sp³-hybridized carbons (Fsp3) is 0.651. The molecule has 1 aliphatic heterocycles. The molecule has 1 heterocycles. The molecular formula is C63H100O12. The number of carbonyl (C=O) groups excluding carboxylic acids is 3. The zero-order valence-electron chi connectivity index (χ0n) is 46.5. The summed E-state index contributed by atoms with van der Waals surface area (Å²) in [7, 11) is 0. The molecule has 0 aromatic rings. The van der Waals surface area contributed by atoms with E-state index in [1.165, 1.54) is 57.8 Å². The largest absolute Gasteiger partial charge is 0.479 e. The van der Waals surface area contributed by atoms with Gasteiger partial charge in [0.05, 0.1) is 6.61 Å². The first-order valence-corrected chi connectivity index (χ1v) is 28.9. The molecule has 1 fully saturated rings. The second-order valence-corrected chi connectivity index (χ2v) is 19.2. The Morgan fingerprint density at radius 3 is 1.37 bits per heavy atom. The Kier molecular flexibility index (Phi) is 45.8. The number of rotatable bonds is 47. The quantitative estimate of drug-likeness (QED) is 0.0228. The summed E-state index contributed by atoms with van der Waals surface area (Å²) < 4.78 is 28.2. The Labute approximate surface area is 453 Å². The molecule has 0 amide bonds. The molecule has 3 N–H and O–H groups in total. The van der Waals surface area contributed by atoms with Gasteiger partial charge in [-0.1, -0.05) is 194 Å². The minimum Gasteiger partial charge on any atom is -0.479 e. The molecule has 6 atom stereocenters. The Hall–Kier alpha value is -4.62. The number of carboxylic acid groups (broad SMARTS) is 1. The molecule has 12 heteroatoms. The first-order valence-electron chi connectivity index (χ1n) is 28.9. The van der Waals surface area contributed by atoms with Crippen molar-refractivity contribution >= 4 is 23.9 Å². The fourth-order valence-corrected chi connectivity index (χ4v) is 7.95. The number of carboxylic acids is 1. The van der Waals surface area contributed by atoms with Crippen molar-refractivity contribution in [3.63, 3.8) is 0 Å². The number of carbonyl (C=O) groups is 4. The highest BCUT2D eigenvalue weighted by Gasteiger charge is 2.50. The monoisotopic (exact) mass is 1050 g/mol. The van der Waals surface area contributed by atoms with Crippen molar-refractivity contribution in [3.05, 3.63) is 109 Å². The lowest BCUT2D eigenvalue weighted by molar-refractivity contribution is -0.301. The van der Waals surface area contributed by atoms with Crippen LogP contribution in [-0.4, -0.2) is 89.2 Å². The average Bonchev–Trinajstić information content (AvgIpc) is 3.39. The molecule has 6 unspecified atom stereocenters. The molecule has 12 nitrogen and oxygen atoms in total. The summed E-state index contributed by atoms with van der Waals surface area (Å²) in [5, 5.41) is 31.4. The number of aliphatic hydroxyl groups is 2. The van der Waals surface area contributed by atoms with E-state index in [0.717, 1.165) is 83.5 Å². The molecule has 0 radical (unpaired) electrons. The second kappa shape index (κ2) is 50.2. The van der Waals surface area contributed by atoms with Gasteiger partial charge >= 0.3 is 23.9 Å². The van der Waals surface area contributed by atoms with Crippen LogP contribution in [0.4, 0.5) is 0 Å². The molecule has 1 rings (SSSR count). The summed E-state index contributed by atoms with van der Waals surface area (Å²) >= 11 is 0. The topological polar surface area (TPSA) is 175 Å². The van der Waals surface area contributed by atoms with E-state index >= 15 is 0 Å². The van der Waals surface area contributed by atoms with Crippen molar-refractivity contribution in [2.24, 2.45) is 0 Å². The van der Waals surface area contributed by atoms with Gasteiger partial charge in [-0.2, -0.15) is 0 Å². The number of aliphatic hydroxyl groups excluding tert-OH is 2. The molecule has 0 aromatic carbocycles. The second-order valence-electron chi connectivity index (χ2n) is 19.2. The molecule has 0 spiro atoms. The molecule has 75 heavy (non-hydrogen) atoms. The SMILES string of the molecule is CC/C=C\C/C=C\C/C=C\C/C=C\CCCCC(=O)OC1C(OCC(COC(=O)CCCCCCCCC/C=C\CCCCCCCC)OC(=O)CC/C=C\C/C=C\C/C=C\C/C=C\CC)OC(C(=O)O)C(O)C1O. The van der Waals surface area contributed by atoms with Crippen LogP contribution in [0.25, 0.3) is 0 Å². The van der Waals surface area contributed by atoms with E-state index in [9.17, 15) is 34.5 Å². The normalized spacial score (nSPS) is 19.0. The number of unbranched alkanes of at least 4 members (excludes halogenated alkanes) is 15. The van der Waals surface area contributed by atoms with Gasteiger partial charge in [-0.05, 0) is 109 Å². The molecule has 424 valence electrons. The number of esters is 3. The summed E-state index contributed by atoms with van der Waals surface area (Å²) in [5.74, 6) is -3.30. The number of hydrogen-bond donors (Lipinski definition) is 3. The van der Waals surface area contributed by atoms with E-state index < -0.39 is 67.3 Å². The number of allylic oxidation sites excluding steroid dienone is 18. The van der Waals surface area contributed by atoms with Crippen molar-refractivity contribution in [3.8, 4) is 0 Å². The number of aliphatic carboxylic acids is 1. The predicted octanol–water partition coefficient (Wildman–Crippen LogP) is 14.7. The highest BCUT2D eigenvalue weighted by Crippen LogP contribution is 2.26. The standard InChI is InChI=1S/C63H100O12/c1-4-7-10-13-16-19-22-25-27-28-30-32-34-37-40-43-46-49-55(64)71-52-54(73-56(65)50-47-44-41-38-35-31-24-21-18-15-12-9-6-3)53-72-63-61(59(68)58(67)60(75-63)62(69)70)74-57(66)51-48-45-42-39-36-33-29-26-23-20-17-14-11-8-5-2/h8-9,11-12,17-18,20-21,25-27,29,31,35-36,39,41,44,54,58-61,63,67-68H,4-7,10,13-16,19,22-24,28,30,32-34,37-38,40,42-43,45-53H2,1-3H3,(H,69,70)/b11-8-,12-9-,20-17-,21-18-,27-25-,29-26-,35-31-,39-36-,44-41-. The number of ether oxygens (including phenoxy) is 5. The zero-order valence-corrected chi connectivity index (χ0v) is 46.5. The van der Waals surface area contributed by atoms with Crippen LogP contribution in [0.5, 0.6) is 0 Å². The molecule has 0 saturated carbocycles. The Bertz CT molecular complexity index is 1720. The minimum atomic E-state index is -1.93. The molecule has 0 aliphatic carbocycles. The predicted molar refractivity (Wildman–Crippen MR) is 303 cm³/mol. The van der Waals surface area contributed by atoms with Gasteiger partial charge in [0.2, 0.25) is 0 Å². The third-order valence-electron chi connectivity index (χ3n) is 12.3. The summed E-state index contributed by atoms with van der Waals surface area (Å²) in [5.41, 5.74) is 0.